The smallest absolute Gasteiger partial charge is 0.306 e. The number of ether oxygens (including phenoxy) is 1. The first-order valence-electron chi connectivity index (χ1n) is 7.07. The molecular formula is C16H23NO3. The quantitative estimate of drug-likeness (QED) is 0.778. The molecule has 1 amide bonds. The van der Waals surface area contributed by atoms with E-state index in [0.29, 0.717) is 12.8 Å². The van der Waals surface area contributed by atoms with Crippen LogP contribution < -0.4 is 5.32 Å². The standard InChI is InChI=1S/C16H23NO3/c1-4-5-6-16(19)20-12(2)11-14-7-9-15(10-8-14)17-13(3)18/h7-10,12H,4-6,11H2,1-3H3,(H,17,18). The second-order valence-corrected chi connectivity index (χ2v) is 4.99. The SMILES string of the molecule is CCCCC(=O)OC(C)Cc1ccc(NC(C)=O)cc1. The minimum Gasteiger partial charge on any atom is -0.462 e. The van der Waals surface area contributed by atoms with Gasteiger partial charge in [0.2, 0.25) is 5.91 Å². The molecule has 1 unspecified atom stereocenters. The Morgan fingerprint density at radius 2 is 1.90 bits per heavy atom. The van der Waals surface area contributed by atoms with Gasteiger partial charge < -0.3 is 10.1 Å². The molecule has 0 aliphatic heterocycles. The third-order valence-electron chi connectivity index (χ3n) is 2.86. The number of rotatable bonds is 7. The van der Waals surface area contributed by atoms with Crippen LogP contribution >= 0.6 is 0 Å². The highest BCUT2D eigenvalue weighted by molar-refractivity contribution is 5.88. The zero-order valence-electron chi connectivity index (χ0n) is 12.4. The van der Waals surface area contributed by atoms with Crippen LogP contribution in [0.4, 0.5) is 5.69 Å². The maximum atomic E-state index is 11.5. The maximum absolute atomic E-state index is 11.5. The number of amides is 1. The molecule has 110 valence electrons. The van der Waals surface area contributed by atoms with Crippen molar-refractivity contribution in [1.29, 1.82) is 0 Å². The highest BCUT2D eigenvalue weighted by Crippen LogP contribution is 2.12. The monoisotopic (exact) mass is 277 g/mol. The summed E-state index contributed by atoms with van der Waals surface area (Å²) < 4.78 is 5.34. The van der Waals surface area contributed by atoms with E-state index in [1.54, 1.807) is 0 Å². The Morgan fingerprint density at radius 3 is 2.45 bits per heavy atom. The number of hydrogen-bond acceptors (Lipinski definition) is 3. The normalized spacial score (nSPS) is 11.8. The average Bonchev–Trinajstić information content (AvgIpc) is 2.38. The van der Waals surface area contributed by atoms with Crippen LogP contribution in [0.2, 0.25) is 0 Å². The van der Waals surface area contributed by atoms with Crippen molar-refractivity contribution in [1.82, 2.24) is 0 Å². The van der Waals surface area contributed by atoms with E-state index < -0.39 is 0 Å². The first-order chi connectivity index (χ1) is 9.51. The molecule has 1 aromatic rings. The van der Waals surface area contributed by atoms with Crippen molar-refractivity contribution in [3.63, 3.8) is 0 Å². The molecule has 0 spiro atoms. The van der Waals surface area contributed by atoms with Crippen molar-refractivity contribution in [3.05, 3.63) is 29.8 Å². The van der Waals surface area contributed by atoms with Gasteiger partial charge in [-0.25, -0.2) is 0 Å². The molecule has 0 radical (unpaired) electrons. The Labute approximate surface area is 120 Å². The van der Waals surface area contributed by atoms with Gasteiger partial charge in [-0.2, -0.15) is 0 Å². The number of benzene rings is 1. The second kappa shape index (κ2) is 8.35. The lowest BCUT2D eigenvalue weighted by molar-refractivity contribution is -0.148. The van der Waals surface area contributed by atoms with Crippen molar-refractivity contribution in [2.24, 2.45) is 0 Å². The Balaban J connectivity index is 2.43. The fraction of sp³-hybridized carbons (Fsp3) is 0.500. The molecule has 0 aromatic heterocycles. The zero-order valence-corrected chi connectivity index (χ0v) is 12.4. The van der Waals surface area contributed by atoms with Crippen LogP contribution in [-0.2, 0) is 20.7 Å². The van der Waals surface area contributed by atoms with Crippen molar-refractivity contribution in [2.45, 2.75) is 52.6 Å². The Bertz CT molecular complexity index is 440. The third-order valence-corrected chi connectivity index (χ3v) is 2.86. The molecule has 0 fully saturated rings. The van der Waals surface area contributed by atoms with Gasteiger partial charge in [-0.3, -0.25) is 9.59 Å². The van der Waals surface area contributed by atoms with Crippen LogP contribution in [-0.4, -0.2) is 18.0 Å². The highest BCUT2D eigenvalue weighted by Gasteiger charge is 2.09. The molecule has 0 aliphatic carbocycles. The number of carbonyl (C=O) groups is 2. The fourth-order valence-corrected chi connectivity index (χ4v) is 1.91. The number of esters is 1. The van der Waals surface area contributed by atoms with Crippen LogP contribution in [0.5, 0.6) is 0 Å². The number of nitrogens with one attached hydrogen (secondary N) is 1. The predicted molar refractivity (Wildman–Crippen MR) is 79.5 cm³/mol. The Kier molecular flexibility index (Phi) is 6.77. The summed E-state index contributed by atoms with van der Waals surface area (Å²) in [4.78, 5) is 22.4. The number of anilines is 1. The predicted octanol–water partition coefficient (Wildman–Crippen LogP) is 3.31. The lowest BCUT2D eigenvalue weighted by Crippen LogP contribution is -2.17. The van der Waals surface area contributed by atoms with Gasteiger partial charge in [-0.1, -0.05) is 25.5 Å². The summed E-state index contributed by atoms with van der Waals surface area (Å²) in [6.45, 7) is 5.42. The second-order valence-electron chi connectivity index (χ2n) is 4.99. The van der Waals surface area contributed by atoms with Gasteiger partial charge in [0.15, 0.2) is 0 Å². The van der Waals surface area contributed by atoms with E-state index in [4.69, 9.17) is 4.74 Å². The van der Waals surface area contributed by atoms with E-state index in [1.165, 1.54) is 6.92 Å². The van der Waals surface area contributed by atoms with Gasteiger partial charge >= 0.3 is 5.97 Å². The lowest BCUT2D eigenvalue weighted by Gasteiger charge is -2.13. The van der Waals surface area contributed by atoms with Crippen LogP contribution in [0.1, 0.15) is 45.6 Å². The van der Waals surface area contributed by atoms with Crippen molar-refractivity contribution in [2.75, 3.05) is 5.32 Å². The van der Waals surface area contributed by atoms with E-state index in [-0.39, 0.29) is 18.0 Å². The lowest BCUT2D eigenvalue weighted by atomic mass is 10.1. The maximum Gasteiger partial charge on any atom is 0.306 e. The molecule has 0 saturated heterocycles. The fourth-order valence-electron chi connectivity index (χ4n) is 1.91. The van der Waals surface area contributed by atoms with Crippen molar-refractivity contribution < 1.29 is 14.3 Å². The Hall–Kier alpha value is -1.84. The molecular weight excluding hydrogens is 254 g/mol. The summed E-state index contributed by atoms with van der Waals surface area (Å²) in [7, 11) is 0. The molecule has 0 aliphatic rings. The van der Waals surface area contributed by atoms with Gasteiger partial charge in [0.1, 0.15) is 6.10 Å². The molecule has 20 heavy (non-hydrogen) atoms. The van der Waals surface area contributed by atoms with E-state index in [9.17, 15) is 9.59 Å². The minimum atomic E-state index is -0.133. The molecule has 1 rings (SSSR count). The molecule has 0 saturated carbocycles. The van der Waals surface area contributed by atoms with E-state index in [1.807, 2.05) is 38.1 Å². The summed E-state index contributed by atoms with van der Waals surface area (Å²) in [5.41, 5.74) is 1.85. The number of carbonyl (C=O) groups excluding carboxylic acids is 2. The van der Waals surface area contributed by atoms with Crippen molar-refractivity contribution >= 4 is 17.6 Å². The van der Waals surface area contributed by atoms with Gasteiger partial charge in [0.25, 0.3) is 0 Å². The van der Waals surface area contributed by atoms with Crippen LogP contribution in [0.15, 0.2) is 24.3 Å². The number of hydrogen-bond donors (Lipinski definition) is 1. The summed E-state index contributed by atoms with van der Waals surface area (Å²) >= 11 is 0. The summed E-state index contributed by atoms with van der Waals surface area (Å²) in [5, 5.41) is 2.72. The molecule has 1 aromatic carbocycles. The topological polar surface area (TPSA) is 55.4 Å². The summed E-state index contributed by atoms with van der Waals surface area (Å²) in [6, 6.07) is 7.56. The Morgan fingerprint density at radius 1 is 1.25 bits per heavy atom. The minimum absolute atomic E-state index is 0.0871. The van der Waals surface area contributed by atoms with E-state index in [0.717, 1.165) is 24.1 Å². The number of unbranched alkanes of at least 4 members (excludes halogenated alkanes) is 1. The average molecular weight is 277 g/mol. The van der Waals surface area contributed by atoms with Crippen LogP contribution in [0.25, 0.3) is 0 Å². The highest BCUT2D eigenvalue weighted by atomic mass is 16.5. The van der Waals surface area contributed by atoms with Gasteiger partial charge in [0, 0.05) is 25.5 Å². The molecule has 0 bridgehead atoms. The first-order valence-corrected chi connectivity index (χ1v) is 7.07. The van der Waals surface area contributed by atoms with E-state index in [2.05, 4.69) is 5.32 Å². The summed E-state index contributed by atoms with van der Waals surface area (Å²) in [5.74, 6) is -0.217. The van der Waals surface area contributed by atoms with Crippen LogP contribution in [0.3, 0.4) is 0 Å². The molecule has 4 nitrogen and oxygen atoms in total. The first kappa shape index (κ1) is 16.2. The molecule has 1 atom stereocenters. The molecule has 1 N–H and O–H groups in total. The molecule has 4 heteroatoms. The zero-order chi connectivity index (χ0) is 15.0. The van der Waals surface area contributed by atoms with Gasteiger partial charge in [-0.05, 0) is 31.0 Å². The largest absolute Gasteiger partial charge is 0.462 e. The molecule has 0 heterocycles. The van der Waals surface area contributed by atoms with Gasteiger partial charge in [-0.15, -0.1) is 0 Å². The summed E-state index contributed by atoms with van der Waals surface area (Å²) in [6.07, 6.45) is 2.90. The van der Waals surface area contributed by atoms with Crippen molar-refractivity contribution in [3.8, 4) is 0 Å². The van der Waals surface area contributed by atoms with E-state index >= 15 is 0 Å². The van der Waals surface area contributed by atoms with Gasteiger partial charge in [0.05, 0.1) is 0 Å². The third kappa shape index (κ3) is 6.36. The van der Waals surface area contributed by atoms with Crippen LogP contribution in [0, 0.1) is 0 Å².